The van der Waals surface area contributed by atoms with Crippen LogP contribution in [0.1, 0.15) is 53.5 Å². The molecule has 1 aliphatic carbocycles. The van der Waals surface area contributed by atoms with Gasteiger partial charge in [-0.2, -0.15) is 5.10 Å². The van der Waals surface area contributed by atoms with E-state index < -0.39 is 0 Å². The Bertz CT molecular complexity index is 932. The number of hydrogen-bond acceptors (Lipinski definition) is 6. The molecule has 4 rings (SSSR count). The zero-order chi connectivity index (χ0) is 21.8. The van der Waals surface area contributed by atoms with Crippen molar-refractivity contribution >= 4 is 40.2 Å². The second-order valence-corrected chi connectivity index (χ2v) is 10.1. The number of carbonyl (C=O) groups is 2. The minimum Gasteiger partial charge on any atom is -0.383 e. The average Bonchev–Trinajstić information content (AvgIpc) is 3.55. The highest BCUT2D eigenvalue weighted by atomic mass is 32.1. The number of methoxy groups -OCH3 is 1. The Balaban J connectivity index is 1.56. The van der Waals surface area contributed by atoms with Crippen LogP contribution in [0.4, 0.5) is 0 Å². The number of hydrogen-bond donors (Lipinski definition) is 0. The minimum absolute atomic E-state index is 0.0313. The molecule has 1 fully saturated rings. The average molecular weight is 460 g/mol. The zero-order valence-electron chi connectivity index (χ0n) is 18.1. The van der Waals surface area contributed by atoms with Crippen molar-refractivity contribution in [2.45, 2.75) is 45.1 Å². The Hall–Kier alpha value is -2.03. The third kappa shape index (κ3) is 4.91. The fourth-order valence-corrected chi connectivity index (χ4v) is 6.13. The van der Waals surface area contributed by atoms with Crippen LogP contribution in [-0.4, -0.2) is 54.2 Å². The van der Waals surface area contributed by atoms with Crippen molar-refractivity contribution in [3.63, 3.8) is 0 Å². The molecule has 3 heterocycles. The number of carbonyl (C=O) groups excluding carboxylic acids is 2. The topological polar surface area (TPSA) is 62.2 Å². The highest BCUT2D eigenvalue weighted by molar-refractivity contribution is 7.12. The van der Waals surface area contributed by atoms with Gasteiger partial charge in [-0.25, -0.2) is 5.01 Å². The van der Waals surface area contributed by atoms with Crippen molar-refractivity contribution in [1.82, 2.24) is 9.91 Å². The van der Waals surface area contributed by atoms with Crippen molar-refractivity contribution in [1.29, 1.82) is 0 Å². The first-order valence-electron chi connectivity index (χ1n) is 10.8. The van der Waals surface area contributed by atoms with E-state index in [1.807, 2.05) is 17.5 Å². The molecule has 0 aromatic carbocycles. The first-order chi connectivity index (χ1) is 15.1. The van der Waals surface area contributed by atoms with Gasteiger partial charge in [0, 0.05) is 30.9 Å². The van der Waals surface area contributed by atoms with E-state index in [1.54, 1.807) is 39.7 Å². The van der Waals surface area contributed by atoms with Crippen LogP contribution in [0.25, 0.3) is 0 Å². The molecule has 2 aliphatic rings. The number of rotatable bonds is 8. The zero-order valence-corrected chi connectivity index (χ0v) is 19.7. The Kier molecular flexibility index (Phi) is 7.20. The third-order valence-corrected chi connectivity index (χ3v) is 8.12. The van der Waals surface area contributed by atoms with E-state index in [0.29, 0.717) is 19.6 Å². The van der Waals surface area contributed by atoms with Gasteiger partial charge < -0.3 is 9.64 Å². The summed E-state index contributed by atoms with van der Waals surface area (Å²) in [6.07, 6.45) is 4.70. The number of hydrazone groups is 1. The van der Waals surface area contributed by atoms with Crippen molar-refractivity contribution in [2.24, 2.45) is 11.0 Å². The molecule has 0 unspecified atom stereocenters. The molecular formula is C23H29N3O3S2. The van der Waals surface area contributed by atoms with Crippen molar-refractivity contribution in [3.05, 3.63) is 44.3 Å². The van der Waals surface area contributed by atoms with Gasteiger partial charge in [0.05, 0.1) is 23.2 Å². The fraction of sp³-hybridized carbons (Fsp3) is 0.522. The second kappa shape index (κ2) is 10.1. The van der Waals surface area contributed by atoms with Crippen LogP contribution in [0.2, 0.25) is 0 Å². The number of thiophene rings is 2. The van der Waals surface area contributed by atoms with Gasteiger partial charge in [-0.1, -0.05) is 18.9 Å². The smallest absolute Gasteiger partial charge is 0.262 e. The summed E-state index contributed by atoms with van der Waals surface area (Å²) in [4.78, 5) is 30.5. The Morgan fingerprint density at radius 3 is 2.68 bits per heavy atom. The summed E-state index contributed by atoms with van der Waals surface area (Å²) >= 11 is 3.30. The molecule has 2 aromatic heterocycles. The van der Waals surface area contributed by atoms with Crippen molar-refractivity contribution in [2.75, 3.05) is 26.8 Å². The van der Waals surface area contributed by atoms with Gasteiger partial charge in [0.15, 0.2) is 0 Å². The van der Waals surface area contributed by atoms with Gasteiger partial charge in [-0.05, 0) is 48.2 Å². The summed E-state index contributed by atoms with van der Waals surface area (Å²) in [6.45, 7) is 2.96. The summed E-state index contributed by atoms with van der Waals surface area (Å²) in [5, 5.41) is 10.5. The predicted molar refractivity (Wildman–Crippen MR) is 125 cm³/mol. The predicted octanol–water partition coefficient (Wildman–Crippen LogP) is 4.46. The standard InChI is InChI=1S/C23H29N3O3S2/c1-16-9-13-31-22(16)19-14-18(20-8-5-12-30-20)24-26(19)21(27)15-25(10-11-29-2)23(28)17-6-3-4-7-17/h5,8-9,12-13,17,19H,3-4,6-7,10-11,14-15H2,1-2H3/t19-/m0/s1. The lowest BCUT2D eigenvalue weighted by Crippen LogP contribution is -2.44. The van der Waals surface area contributed by atoms with Crippen LogP contribution < -0.4 is 0 Å². The van der Waals surface area contributed by atoms with E-state index in [0.717, 1.165) is 41.1 Å². The maximum atomic E-state index is 13.5. The molecule has 166 valence electrons. The molecule has 2 aromatic rings. The first kappa shape index (κ1) is 22.2. The van der Waals surface area contributed by atoms with Crippen LogP contribution in [0, 0.1) is 12.8 Å². The number of nitrogens with zero attached hydrogens (tertiary/aromatic N) is 3. The van der Waals surface area contributed by atoms with Gasteiger partial charge in [0.1, 0.15) is 6.54 Å². The van der Waals surface area contributed by atoms with Crippen molar-refractivity contribution < 1.29 is 14.3 Å². The van der Waals surface area contributed by atoms with Gasteiger partial charge >= 0.3 is 0 Å². The molecule has 0 radical (unpaired) electrons. The van der Waals surface area contributed by atoms with Crippen LogP contribution in [0.3, 0.4) is 0 Å². The molecule has 31 heavy (non-hydrogen) atoms. The summed E-state index contributed by atoms with van der Waals surface area (Å²) in [7, 11) is 1.62. The molecule has 0 spiro atoms. The summed E-state index contributed by atoms with van der Waals surface area (Å²) in [5.41, 5.74) is 2.11. The van der Waals surface area contributed by atoms with Gasteiger partial charge in [-0.3, -0.25) is 9.59 Å². The van der Waals surface area contributed by atoms with E-state index in [2.05, 4.69) is 18.4 Å². The summed E-state index contributed by atoms with van der Waals surface area (Å²) in [6, 6.07) is 6.02. The van der Waals surface area contributed by atoms with Crippen LogP contribution in [-0.2, 0) is 14.3 Å². The van der Waals surface area contributed by atoms with E-state index in [9.17, 15) is 9.59 Å². The number of ether oxygens (including phenoxy) is 1. The molecule has 0 bridgehead atoms. The summed E-state index contributed by atoms with van der Waals surface area (Å²) < 4.78 is 5.21. The van der Waals surface area contributed by atoms with Gasteiger partial charge in [0.25, 0.3) is 5.91 Å². The molecule has 8 heteroatoms. The maximum Gasteiger partial charge on any atom is 0.262 e. The van der Waals surface area contributed by atoms with Crippen LogP contribution in [0.15, 0.2) is 34.1 Å². The molecule has 0 saturated heterocycles. The first-order valence-corrected chi connectivity index (χ1v) is 12.6. The second-order valence-electron chi connectivity index (χ2n) is 8.18. The molecule has 1 atom stereocenters. The van der Waals surface area contributed by atoms with E-state index in [1.165, 1.54) is 5.56 Å². The molecule has 0 N–H and O–H groups in total. The molecular weight excluding hydrogens is 430 g/mol. The van der Waals surface area contributed by atoms with Crippen LogP contribution in [0.5, 0.6) is 0 Å². The highest BCUT2D eigenvalue weighted by Gasteiger charge is 2.37. The lowest BCUT2D eigenvalue weighted by Gasteiger charge is -2.28. The molecule has 6 nitrogen and oxygen atoms in total. The van der Waals surface area contributed by atoms with Gasteiger partial charge in [-0.15, -0.1) is 22.7 Å². The quantitative estimate of drug-likeness (QED) is 0.585. The summed E-state index contributed by atoms with van der Waals surface area (Å²) in [5.74, 6) is -0.0241. The number of amides is 2. The third-order valence-electron chi connectivity index (χ3n) is 6.08. The minimum atomic E-state index is -0.133. The molecule has 2 amide bonds. The molecule has 1 aliphatic heterocycles. The van der Waals surface area contributed by atoms with E-state index >= 15 is 0 Å². The Labute approximate surface area is 191 Å². The van der Waals surface area contributed by atoms with Gasteiger partial charge in [0.2, 0.25) is 5.91 Å². The monoisotopic (exact) mass is 459 g/mol. The SMILES string of the molecule is COCCN(CC(=O)N1N=C(c2cccs2)C[C@H]1c1sccc1C)C(=O)C1CCCC1. The largest absolute Gasteiger partial charge is 0.383 e. The Morgan fingerprint density at radius 1 is 1.23 bits per heavy atom. The van der Waals surface area contributed by atoms with E-state index in [4.69, 9.17) is 9.84 Å². The number of aryl methyl sites for hydroxylation is 1. The van der Waals surface area contributed by atoms with Crippen LogP contribution >= 0.6 is 22.7 Å². The Morgan fingerprint density at radius 2 is 2.03 bits per heavy atom. The molecule has 1 saturated carbocycles. The maximum absolute atomic E-state index is 13.5. The van der Waals surface area contributed by atoms with E-state index in [-0.39, 0.29) is 30.3 Å². The highest BCUT2D eigenvalue weighted by Crippen LogP contribution is 2.38. The normalized spacial score (nSPS) is 19.1. The lowest BCUT2D eigenvalue weighted by atomic mass is 10.1. The lowest BCUT2D eigenvalue weighted by molar-refractivity contribution is -0.144. The fourth-order valence-electron chi connectivity index (χ4n) is 4.40. The van der Waals surface area contributed by atoms with Crippen molar-refractivity contribution in [3.8, 4) is 0 Å².